The van der Waals surface area contributed by atoms with Crippen molar-refractivity contribution in [1.29, 1.82) is 0 Å². The Kier molecular flexibility index (Phi) is 6.38. The number of carbonyl (C=O) groups excluding carboxylic acids is 1. The quantitative estimate of drug-likeness (QED) is 0.284. The van der Waals surface area contributed by atoms with Crippen LogP contribution < -0.4 is 5.43 Å². The van der Waals surface area contributed by atoms with Crippen molar-refractivity contribution in [1.82, 2.24) is 5.43 Å². The molecule has 4 rings (SSSR count). The number of nitrogens with zero attached hydrogens (tertiary/aromatic N) is 1. The van der Waals surface area contributed by atoms with E-state index in [1.807, 2.05) is 0 Å². The average molecular weight is 454 g/mol. The molecule has 4 aromatic rings. The molecule has 0 spiro atoms. The fourth-order valence-electron chi connectivity index (χ4n) is 3.66. The van der Waals surface area contributed by atoms with Gasteiger partial charge < -0.3 is 14.6 Å². The van der Waals surface area contributed by atoms with Crippen molar-refractivity contribution in [2.75, 3.05) is 0 Å². The third-order valence-electron chi connectivity index (χ3n) is 5.44. The van der Waals surface area contributed by atoms with E-state index >= 15 is 0 Å². The van der Waals surface area contributed by atoms with E-state index in [9.17, 15) is 14.7 Å². The number of carboxylic acid groups (broad SMARTS) is 1. The van der Waals surface area contributed by atoms with Gasteiger partial charge in [-0.05, 0) is 47.9 Å². The van der Waals surface area contributed by atoms with E-state index in [-0.39, 0.29) is 5.56 Å². The molecule has 0 radical (unpaired) electrons. The third kappa shape index (κ3) is 4.51. The number of rotatable bonds is 7. The maximum Gasteiger partial charge on any atom is 0.335 e. The smallest absolute Gasteiger partial charge is 0.335 e. The van der Waals surface area contributed by atoms with Gasteiger partial charge in [-0.2, -0.15) is 5.10 Å². The molecule has 0 aliphatic heterocycles. The predicted octanol–water partition coefficient (Wildman–Crippen LogP) is 4.34. The second-order valence-corrected chi connectivity index (χ2v) is 7.68. The Bertz CT molecular complexity index is 1300. The molecular formula is C27H22N2O5. The predicted molar refractivity (Wildman–Crippen MR) is 127 cm³/mol. The lowest BCUT2D eigenvalue weighted by atomic mass is 9.85. The molecule has 34 heavy (non-hydrogen) atoms. The average Bonchev–Trinajstić information content (AvgIpc) is 3.33. The molecule has 0 bridgehead atoms. The van der Waals surface area contributed by atoms with Crippen molar-refractivity contribution in [3.8, 4) is 11.3 Å². The number of hydrogen-bond acceptors (Lipinski definition) is 5. The Balaban J connectivity index is 1.54. The summed E-state index contributed by atoms with van der Waals surface area (Å²) >= 11 is 0. The number of benzene rings is 3. The van der Waals surface area contributed by atoms with Crippen LogP contribution in [0.2, 0.25) is 0 Å². The van der Waals surface area contributed by atoms with Gasteiger partial charge in [-0.25, -0.2) is 10.2 Å². The van der Waals surface area contributed by atoms with Gasteiger partial charge in [0, 0.05) is 5.56 Å². The summed E-state index contributed by atoms with van der Waals surface area (Å²) in [4.78, 5) is 24.2. The molecule has 3 N–H and O–H groups in total. The minimum atomic E-state index is -1.93. The van der Waals surface area contributed by atoms with Crippen LogP contribution in [0.15, 0.2) is 101 Å². The second-order valence-electron chi connectivity index (χ2n) is 7.68. The molecule has 1 aromatic heterocycles. The number of furan rings is 1. The summed E-state index contributed by atoms with van der Waals surface area (Å²) < 4.78 is 5.78. The molecule has 0 unspecified atom stereocenters. The number of carbonyl (C=O) groups is 2. The second kappa shape index (κ2) is 9.56. The van der Waals surface area contributed by atoms with Crippen LogP contribution in [0.25, 0.3) is 11.3 Å². The first-order chi connectivity index (χ1) is 16.4. The molecule has 7 heteroatoms. The van der Waals surface area contributed by atoms with Gasteiger partial charge in [0.1, 0.15) is 11.5 Å². The number of nitrogens with one attached hydrogen (secondary N) is 1. The highest BCUT2D eigenvalue weighted by atomic mass is 16.4. The minimum absolute atomic E-state index is 0.196. The summed E-state index contributed by atoms with van der Waals surface area (Å²) in [7, 11) is 0. The van der Waals surface area contributed by atoms with Crippen molar-refractivity contribution >= 4 is 18.1 Å². The minimum Gasteiger partial charge on any atom is -0.478 e. The van der Waals surface area contributed by atoms with Crippen molar-refractivity contribution < 1.29 is 24.2 Å². The molecule has 0 saturated carbocycles. The van der Waals surface area contributed by atoms with Gasteiger partial charge in [0.25, 0.3) is 5.91 Å². The third-order valence-corrected chi connectivity index (χ3v) is 5.44. The van der Waals surface area contributed by atoms with E-state index in [0.29, 0.717) is 22.6 Å². The van der Waals surface area contributed by atoms with Crippen molar-refractivity contribution in [3.05, 3.63) is 119 Å². The van der Waals surface area contributed by atoms with Gasteiger partial charge in [-0.3, -0.25) is 4.79 Å². The molecular weight excluding hydrogens is 432 g/mol. The highest BCUT2D eigenvalue weighted by Gasteiger charge is 2.39. The number of aromatic carboxylic acids is 1. The fraction of sp³-hybridized carbons (Fsp3) is 0.0741. The Hall–Kier alpha value is -4.49. The molecule has 0 saturated heterocycles. The zero-order chi connectivity index (χ0) is 24.1. The zero-order valence-corrected chi connectivity index (χ0v) is 18.3. The molecule has 0 aliphatic carbocycles. The number of hydrogen-bond donors (Lipinski definition) is 3. The van der Waals surface area contributed by atoms with Crippen molar-refractivity contribution in [2.45, 2.75) is 12.5 Å². The first kappa shape index (κ1) is 22.7. The molecule has 0 aliphatic rings. The maximum atomic E-state index is 13.1. The maximum absolute atomic E-state index is 13.1. The highest BCUT2D eigenvalue weighted by molar-refractivity contribution is 5.91. The summed E-state index contributed by atoms with van der Waals surface area (Å²) in [6.07, 6.45) is 1.33. The van der Waals surface area contributed by atoms with Gasteiger partial charge >= 0.3 is 5.97 Å². The Morgan fingerprint density at radius 2 is 1.53 bits per heavy atom. The van der Waals surface area contributed by atoms with Gasteiger partial charge in [-0.1, -0.05) is 66.7 Å². The summed E-state index contributed by atoms with van der Waals surface area (Å²) in [5.41, 5.74) is 2.99. The molecule has 1 heterocycles. The standard InChI is InChI=1S/C27H22N2O5/c1-18-16-19(25(30)31)12-14-23(18)24-15-13-22(34-24)17-28-29-26(32)27(33,20-8-4-2-5-9-20)21-10-6-3-7-11-21/h2-17,33H,1H3,(H,29,32)(H,30,31)/b28-17+. The lowest BCUT2D eigenvalue weighted by Gasteiger charge is -2.26. The summed E-state index contributed by atoms with van der Waals surface area (Å²) in [5, 5.41) is 24.5. The van der Waals surface area contributed by atoms with Crippen LogP contribution in [0.4, 0.5) is 0 Å². The lowest BCUT2D eigenvalue weighted by Crippen LogP contribution is -2.43. The topological polar surface area (TPSA) is 112 Å². The number of hydrazone groups is 1. The molecule has 1 amide bonds. The summed E-state index contributed by atoms with van der Waals surface area (Å²) in [5.74, 6) is -0.802. The lowest BCUT2D eigenvalue weighted by molar-refractivity contribution is -0.136. The Morgan fingerprint density at radius 1 is 0.912 bits per heavy atom. The normalized spacial score (nSPS) is 11.5. The van der Waals surface area contributed by atoms with E-state index < -0.39 is 17.5 Å². The first-order valence-corrected chi connectivity index (χ1v) is 10.5. The SMILES string of the molecule is Cc1cc(C(=O)O)ccc1-c1ccc(/C=N/NC(=O)C(O)(c2ccccc2)c2ccccc2)o1. The molecule has 3 aromatic carbocycles. The van der Waals surface area contributed by atoms with Crippen molar-refractivity contribution in [2.24, 2.45) is 5.10 Å². The van der Waals surface area contributed by atoms with E-state index in [4.69, 9.17) is 9.52 Å². The van der Waals surface area contributed by atoms with Crippen LogP contribution >= 0.6 is 0 Å². The van der Waals surface area contributed by atoms with E-state index in [2.05, 4.69) is 10.5 Å². The first-order valence-electron chi connectivity index (χ1n) is 10.5. The largest absolute Gasteiger partial charge is 0.478 e. The highest BCUT2D eigenvalue weighted by Crippen LogP contribution is 2.30. The number of amides is 1. The summed E-state index contributed by atoms with van der Waals surface area (Å²) in [6.45, 7) is 1.80. The Morgan fingerprint density at radius 3 is 2.09 bits per heavy atom. The number of aliphatic hydroxyl groups is 1. The molecule has 7 nitrogen and oxygen atoms in total. The van der Waals surface area contributed by atoms with Gasteiger partial charge in [0.2, 0.25) is 0 Å². The number of aryl methyl sites for hydroxylation is 1. The van der Waals surface area contributed by atoms with Crippen LogP contribution in [0, 0.1) is 6.92 Å². The van der Waals surface area contributed by atoms with Gasteiger partial charge in [-0.15, -0.1) is 0 Å². The van der Waals surface area contributed by atoms with Crippen molar-refractivity contribution in [3.63, 3.8) is 0 Å². The van der Waals surface area contributed by atoms with Crippen LogP contribution in [0.3, 0.4) is 0 Å². The number of carboxylic acids is 1. The van der Waals surface area contributed by atoms with Gasteiger partial charge in [0.15, 0.2) is 5.60 Å². The molecule has 170 valence electrons. The van der Waals surface area contributed by atoms with Crippen LogP contribution in [-0.4, -0.2) is 28.3 Å². The Labute approximate surface area is 196 Å². The van der Waals surface area contributed by atoms with Gasteiger partial charge in [0.05, 0.1) is 11.8 Å². The molecule has 0 fully saturated rings. The van der Waals surface area contributed by atoms with Crippen LogP contribution in [0.5, 0.6) is 0 Å². The van der Waals surface area contributed by atoms with E-state index in [1.54, 1.807) is 91.9 Å². The summed E-state index contributed by atoms with van der Waals surface area (Å²) in [6, 6.07) is 25.4. The fourth-order valence-corrected chi connectivity index (χ4v) is 3.66. The van der Waals surface area contributed by atoms with E-state index in [1.165, 1.54) is 12.3 Å². The zero-order valence-electron chi connectivity index (χ0n) is 18.3. The monoisotopic (exact) mass is 454 g/mol. The van der Waals surface area contributed by atoms with Crippen LogP contribution in [-0.2, 0) is 10.4 Å². The molecule has 0 atom stereocenters. The van der Waals surface area contributed by atoms with E-state index in [0.717, 1.165) is 11.1 Å². The van der Waals surface area contributed by atoms with Crippen LogP contribution in [0.1, 0.15) is 32.8 Å².